The smallest absolute Gasteiger partial charge is 0.316 e. The van der Waals surface area contributed by atoms with Crippen LogP contribution in [-0.4, -0.2) is 28.4 Å². The lowest BCUT2D eigenvalue weighted by molar-refractivity contribution is -0.127. The zero-order chi connectivity index (χ0) is 19.9. The van der Waals surface area contributed by atoms with E-state index in [2.05, 4.69) is 11.1 Å². The van der Waals surface area contributed by atoms with Crippen LogP contribution in [0.2, 0.25) is 0 Å². The van der Waals surface area contributed by atoms with Crippen LogP contribution in [-0.2, 0) is 10.3 Å². The number of benzene rings is 2. The number of nitriles is 1. The highest BCUT2D eigenvalue weighted by Crippen LogP contribution is 2.44. The minimum absolute atomic E-state index is 0.359. The summed E-state index contributed by atoms with van der Waals surface area (Å²) in [6.07, 6.45) is 1.00. The molecule has 4 rings (SSSR count). The topological polar surface area (TPSA) is 126 Å². The van der Waals surface area contributed by atoms with Crippen LogP contribution in [0.25, 0.3) is 21.3 Å². The molecule has 1 fully saturated rings. The molecule has 7 nitrogen and oxygen atoms in total. The zero-order valence-corrected chi connectivity index (χ0v) is 15.7. The van der Waals surface area contributed by atoms with E-state index < -0.39 is 17.5 Å². The number of hydrogen-bond acceptors (Lipinski definition) is 5. The molecule has 28 heavy (non-hydrogen) atoms. The van der Waals surface area contributed by atoms with Gasteiger partial charge in [-0.15, -0.1) is 11.3 Å². The summed E-state index contributed by atoms with van der Waals surface area (Å²) < 4.78 is 0.831. The highest BCUT2D eigenvalue weighted by Gasteiger charge is 2.52. The van der Waals surface area contributed by atoms with Crippen LogP contribution in [0, 0.1) is 11.3 Å². The van der Waals surface area contributed by atoms with Crippen molar-refractivity contribution in [1.82, 2.24) is 9.88 Å². The molecule has 0 radical (unpaired) electrons. The predicted octanol–water partition coefficient (Wildman–Crippen LogP) is 2.69. The first-order valence-corrected chi connectivity index (χ1v) is 9.57. The Hall–Kier alpha value is -3.44. The molecule has 4 N–H and O–H groups in total. The molecule has 3 aromatic rings. The fraction of sp³-hybridized carbons (Fsp3) is 0.200. The van der Waals surface area contributed by atoms with Crippen molar-refractivity contribution in [2.24, 2.45) is 11.5 Å². The average Bonchev–Trinajstić information content (AvgIpc) is 3.32. The van der Waals surface area contributed by atoms with Gasteiger partial charge in [0.1, 0.15) is 5.01 Å². The van der Waals surface area contributed by atoms with E-state index in [1.807, 2.05) is 36.4 Å². The number of aromatic nitrogens is 1. The average molecular weight is 391 g/mol. The van der Waals surface area contributed by atoms with E-state index in [9.17, 15) is 14.9 Å². The molecule has 1 unspecified atom stereocenters. The highest BCUT2D eigenvalue weighted by molar-refractivity contribution is 7.19. The summed E-state index contributed by atoms with van der Waals surface area (Å²) in [6, 6.07) is 14.4. The molecule has 1 atom stereocenters. The van der Waals surface area contributed by atoms with Crippen LogP contribution in [0.5, 0.6) is 0 Å². The SMILES string of the molecule is N#Cc1ccccc1-c1cccc2nc(C3(C(N)=O)CCCN3C(N)=O)sc12. The Balaban J connectivity index is 1.95. The van der Waals surface area contributed by atoms with Gasteiger partial charge in [-0.3, -0.25) is 4.79 Å². The number of hydrogen-bond donors (Lipinski definition) is 2. The molecule has 1 aromatic heterocycles. The summed E-state index contributed by atoms with van der Waals surface area (Å²) in [4.78, 5) is 30.4. The molecule has 0 saturated carbocycles. The maximum atomic E-state index is 12.5. The normalized spacial score (nSPS) is 18.9. The Morgan fingerprint density at radius 3 is 2.61 bits per heavy atom. The van der Waals surface area contributed by atoms with E-state index in [4.69, 9.17) is 11.5 Å². The van der Waals surface area contributed by atoms with Gasteiger partial charge >= 0.3 is 6.03 Å². The summed E-state index contributed by atoms with van der Waals surface area (Å²) in [6.45, 7) is 0.359. The Labute approximate surface area is 165 Å². The quantitative estimate of drug-likeness (QED) is 0.711. The molecule has 1 aliphatic heterocycles. The summed E-state index contributed by atoms with van der Waals surface area (Å²) in [5.74, 6) is -0.637. The second-order valence-electron chi connectivity index (χ2n) is 6.65. The van der Waals surface area contributed by atoms with Crippen LogP contribution < -0.4 is 11.5 Å². The molecule has 140 valence electrons. The van der Waals surface area contributed by atoms with E-state index >= 15 is 0 Å². The Morgan fingerprint density at radius 1 is 1.14 bits per heavy atom. The van der Waals surface area contributed by atoms with E-state index in [0.29, 0.717) is 35.5 Å². The lowest BCUT2D eigenvalue weighted by Gasteiger charge is -2.32. The number of carbonyl (C=O) groups excluding carboxylic acids is 2. The van der Waals surface area contributed by atoms with Gasteiger partial charge in [-0.2, -0.15) is 5.26 Å². The lowest BCUT2D eigenvalue weighted by Crippen LogP contribution is -2.55. The number of nitrogens with zero attached hydrogens (tertiary/aromatic N) is 3. The van der Waals surface area contributed by atoms with E-state index in [-0.39, 0.29) is 0 Å². The fourth-order valence-electron chi connectivity index (χ4n) is 3.85. The molecule has 0 bridgehead atoms. The number of thiazole rings is 1. The minimum Gasteiger partial charge on any atom is -0.367 e. The lowest BCUT2D eigenvalue weighted by atomic mass is 9.96. The third-order valence-electron chi connectivity index (χ3n) is 5.16. The summed E-state index contributed by atoms with van der Waals surface area (Å²) >= 11 is 1.31. The van der Waals surface area contributed by atoms with Gasteiger partial charge in [0, 0.05) is 17.7 Å². The predicted molar refractivity (Wildman–Crippen MR) is 106 cm³/mol. The van der Waals surface area contributed by atoms with Crippen molar-refractivity contribution in [2.45, 2.75) is 18.4 Å². The summed E-state index contributed by atoms with van der Waals surface area (Å²) in [7, 11) is 0. The maximum Gasteiger partial charge on any atom is 0.316 e. The van der Waals surface area contributed by atoms with Crippen LogP contribution >= 0.6 is 11.3 Å². The first-order chi connectivity index (χ1) is 13.5. The largest absolute Gasteiger partial charge is 0.367 e. The van der Waals surface area contributed by atoms with E-state index in [1.54, 1.807) is 6.07 Å². The van der Waals surface area contributed by atoms with E-state index in [0.717, 1.165) is 15.8 Å². The second kappa shape index (κ2) is 6.62. The monoisotopic (exact) mass is 391 g/mol. The number of likely N-dealkylation sites (tertiary alicyclic amines) is 1. The number of amides is 3. The highest BCUT2D eigenvalue weighted by atomic mass is 32.1. The number of fused-ring (bicyclic) bond motifs is 1. The molecule has 2 aromatic carbocycles. The van der Waals surface area contributed by atoms with Gasteiger partial charge < -0.3 is 16.4 Å². The van der Waals surface area contributed by atoms with Crippen molar-refractivity contribution < 1.29 is 9.59 Å². The van der Waals surface area contributed by atoms with Crippen LogP contribution in [0.3, 0.4) is 0 Å². The van der Waals surface area contributed by atoms with Gasteiger partial charge in [0.25, 0.3) is 5.91 Å². The summed E-state index contributed by atoms with van der Waals surface area (Å²) in [5, 5.41) is 9.91. The third-order valence-corrected chi connectivity index (χ3v) is 6.42. The number of primary amides is 2. The number of urea groups is 1. The van der Waals surface area contributed by atoms with Gasteiger partial charge in [-0.05, 0) is 25.0 Å². The van der Waals surface area contributed by atoms with Crippen LogP contribution in [0.4, 0.5) is 4.79 Å². The standard InChI is InChI=1S/C20H17N5O2S/c21-11-12-5-1-2-6-13(12)14-7-3-8-15-16(14)28-18(24-15)20(17(22)26)9-4-10-25(20)19(23)27/h1-3,5-8H,4,9-10H2,(H2,22,26)(H2,23,27). The fourth-order valence-corrected chi connectivity index (χ4v) is 5.18. The third kappa shape index (κ3) is 2.52. The van der Waals surface area contributed by atoms with Crippen molar-refractivity contribution in [3.05, 3.63) is 53.0 Å². The van der Waals surface area contributed by atoms with Crippen molar-refractivity contribution in [3.8, 4) is 17.2 Å². The molecule has 1 aliphatic rings. The number of rotatable bonds is 3. The van der Waals surface area contributed by atoms with Crippen LogP contribution in [0.15, 0.2) is 42.5 Å². The molecular weight excluding hydrogens is 374 g/mol. The van der Waals surface area contributed by atoms with Crippen molar-refractivity contribution in [1.29, 1.82) is 5.26 Å². The first kappa shape index (κ1) is 17.9. The molecule has 1 saturated heterocycles. The minimum atomic E-state index is -1.33. The molecule has 2 heterocycles. The molecule has 8 heteroatoms. The van der Waals surface area contributed by atoms with Gasteiger partial charge in [0.05, 0.1) is 21.8 Å². The first-order valence-electron chi connectivity index (χ1n) is 8.75. The second-order valence-corrected chi connectivity index (χ2v) is 7.65. The molecule has 0 spiro atoms. The molecule has 3 amide bonds. The van der Waals surface area contributed by atoms with E-state index in [1.165, 1.54) is 16.2 Å². The Bertz CT molecular complexity index is 1150. The molecule has 0 aliphatic carbocycles. The zero-order valence-electron chi connectivity index (χ0n) is 14.9. The Kier molecular flexibility index (Phi) is 4.24. The summed E-state index contributed by atoms with van der Waals surface area (Å²) in [5.41, 5.74) is 12.8. The van der Waals surface area contributed by atoms with Gasteiger partial charge in [-0.25, -0.2) is 9.78 Å². The number of nitrogens with two attached hydrogens (primary N) is 2. The van der Waals surface area contributed by atoms with Crippen molar-refractivity contribution in [3.63, 3.8) is 0 Å². The van der Waals surface area contributed by atoms with Crippen molar-refractivity contribution >= 4 is 33.5 Å². The number of carbonyl (C=O) groups is 2. The maximum absolute atomic E-state index is 12.5. The van der Waals surface area contributed by atoms with Crippen LogP contribution in [0.1, 0.15) is 23.4 Å². The van der Waals surface area contributed by atoms with Gasteiger partial charge in [0.2, 0.25) is 0 Å². The van der Waals surface area contributed by atoms with Crippen molar-refractivity contribution in [2.75, 3.05) is 6.54 Å². The molecular formula is C20H17N5O2S. The Morgan fingerprint density at radius 2 is 1.89 bits per heavy atom. The van der Waals surface area contributed by atoms with Gasteiger partial charge in [0.15, 0.2) is 5.54 Å². The van der Waals surface area contributed by atoms with Gasteiger partial charge in [-0.1, -0.05) is 30.3 Å².